The summed E-state index contributed by atoms with van der Waals surface area (Å²) >= 11 is 0. The Morgan fingerprint density at radius 1 is 1.77 bits per heavy atom. The van der Waals surface area contributed by atoms with E-state index in [0.29, 0.717) is 5.69 Å². The molecule has 0 aliphatic rings. The number of hydrogen-bond donors (Lipinski definition) is 3. The fraction of sp³-hybridized carbons (Fsp3) is 0.429. The molecule has 0 aliphatic heterocycles. The molecular weight excluding hydrogens is 174 g/mol. The van der Waals surface area contributed by atoms with Crippen LogP contribution >= 0.6 is 0 Å². The van der Waals surface area contributed by atoms with Crippen LogP contribution in [-0.2, 0) is 11.8 Å². The first kappa shape index (κ1) is 9.69. The summed E-state index contributed by atoms with van der Waals surface area (Å²) in [6.07, 6.45) is 1.62. The third kappa shape index (κ3) is 1.85. The van der Waals surface area contributed by atoms with E-state index in [0.717, 1.165) is 0 Å². The number of aliphatic hydroxyl groups excluding tert-OH is 1. The lowest BCUT2D eigenvalue weighted by atomic mass is 10.1. The Morgan fingerprint density at radius 3 is 2.77 bits per heavy atom. The van der Waals surface area contributed by atoms with Gasteiger partial charge in [-0.15, -0.1) is 0 Å². The second kappa shape index (κ2) is 3.55. The van der Waals surface area contributed by atoms with E-state index in [4.69, 9.17) is 10.8 Å². The lowest BCUT2D eigenvalue weighted by Crippen LogP contribution is -2.37. The maximum absolute atomic E-state index is 10.4. The Kier molecular flexibility index (Phi) is 2.64. The molecule has 6 nitrogen and oxygen atoms in total. The first-order valence-corrected chi connectivity index (χ1v) is 3.66. The van der Waals surface area contributed by atoms with E-state index in [9.17, 15) is 9.90 Å². The number of nitrogens with zero attached hydrogens (tertiary/aromatic N) is 2. The van der Waals surface area contributed by atoms with Crippen LogP contribution in [0.15, 0.2) is 12.5 Å². The van der Waals surface area contributed by atoms with Gasteiger partial charge in [-0.1, -0.05) is 0 Å². The normalized spacial score (nSPS) is 15.3. The molecule has 0 saturated heterocycles. The zero-order valence-corrected chi connectivity index (χ0v) is 7.08. The Bertz CT molecular complexity index is 310. The molecule has 2 unspecified atom stereocenters. The van der Waals surface area contributed by atoms with Crippen LogP contribution in [0.2, 0.25) is 0 Å². The maximum Gasteiger partial charge on any atom is 0.323 e. The van der Waals surface area contributed by atoms with Crippen molar-refractivity contribution in [1.29, 1.82) is 0 Å². The number of aromatic nitrogens is 2. The van der Waals surface area contributed by atoms with Gasteiger partial charge in [-0.25, -0.2) is 4.98 Å². The number of nitrogens with two attached hydrogens (primary N) is 1. The van der Waals surface area contributed by atoms with Crippen molar-refractivity contribution in [3.8, 4) is 0 Å². The zero-order chi connectivity index (χ0) is 10.0. The summed E-state index contributed by atoms with van der Waals surface area (Å²) in [5.41, 5.74) is 5.61. The first-order chi connectivity index (χ1) is 6.04. The highest BCUT2D eigenvalue weighted by Gasteiger charge is 2.25. The molecule has 0 saturated carbocycles. The van der Waals surface area contributed by atoms with Crippen molar-refractivity contribution in [1.82, 2.24) is 9.55 Å². The van der Waals surface area contributed by atoms with Crippen molar-refractivity contribution in [2.45, 2.75) is 12.1 Å². The van der Waals surface area contributed by atoms with E-state index in [1.54, 1.807) is 7.05 Å². The number of rotatable bonds is 3. The average Bonchev–Trinajstić information content (AvgIpc) is 2.48. The molecule has 6 heteroatoms. The van der Waals surface area contributed by atoms with Crippen molar-refractivity contribution < 1.29 is 15.0 Å². The van der Waals surface area contributed by atoms with Crippen LogP contribution in [0.5, 0.6) is 0 Å². The Morgan fingerprint density at radius 2 is 2.38 bits per heavy atom. The average molecular weight is 185 g/mol. The van der Waals surface area contributed by atoms with Gasteiger partial charge < -0.3 is 20.5 Å². The van der Waals surface area contributed by atoms with Gasteiger partial charge >= 0.3 is 5.97 Å². The predicted molar refractivity (Wildman–Crippen MR) is 43.8 cm³/mol. The van der Waals surface area contributed by atoms with Crippen LogP contribution in [0, 0.1) is 0 Å². The minimum Gasteiger partial charge on any atom is -0.480 e. The highest BCUT2D eigenvalue weighted by Crippen LogP contribution is 2.13. The van der Waals surface area contributed by atoms with E-state index >= 15 is 0 Å². The Balaban J connectivity index is 2.85. The number of hydrogen-bond acceptors (Lipinski definition) is 4. The molecule has 72 valence electrons. The first-order valence-electron chi connectivity index (χ1n) is 3.66. The summed E-state index contributed by atoms with van der Waals surface area (Å²) in [7, 11) is 1.65. The molecule has 0 fully saturated rings. The van der Waals surface area contributed by atoms with E-state index < -0.39 is 18.1 Å². The SMILES string of the molecule is Cn1cncc1C(O)C(N)C(=O)O. The number of carbonyl (C=O) groups is 1. The number of aliphatic carboxylic acids is 1. The van der Waals surface area contributed by atoms with Gasteiger partial charge in [-0.3, -0.25) is 4.79 Å². The van der Waals surface area contributed by atoms with Crippen LogP contribution in [-0.4, -0.2) is 31.8 Å². The van der Waals surface area contributed by atoms with Crippen LogP contribution in [0.3, 0.4) is 0 Å². The summed E-state index contributed by atoms with van der Waals surface area (Å²) < 4.78 is 1.52. The molecule has 1 heterocycles. The smallest absolute Gasteiger partial charge is 0.323 e. The Hall–Kier alpha value is -1.40. The number of imidazole rings is 1. The molecule has 2 atom stereocenters. The number of carboxylic acid groups (broad SMARTS) is 1. The molecule has 0 spiro atoms. The molecule has 1 aromatic rings. The number of carboxylic acids is 1. The van der Waals surface area contributed by atoms with Gasteiger partial charge in [-0.05, 0) is 0 Å². The van der Waals surface area contributed by atoms with Gasteiger partial charge in [0.25, 0.3) is 0 Å². The molecule has 0 bridgehead atoms. The fourth-order valence-corrected chi connectivity index (χ4v) is 0.971. The van der Waals surface area contributed by atoms with Crippen LogP contribution in [0.4, 0.5) is 0 Å². The van der Waals surface area contributed by atoms with Gasteiger partial charge in [0, 0.05) is 7.05 Å². The fourth-order valence-electron chi connectivity index (χ4n) is 0.971. The zero-order valence-electron chi connectivity index (χ0n) is 7.08. The molecular formula is C7H11N3O3. The highest BCUT2D eigenvalue weighted by molar-refractivity contribution is 5.74. The lowest BCUT2D eigenvalue weighted by molar-refractivity contribution is -0.141. The minimum atomic E-state index is -1.32. The quantitative estimate of drug-likeness (QED) is 0.552. The van der Waals surface area contributed by atoms with Gasteiger partial charge in [0.15, 0.2) is 0 Å². The van der Waals surface area contributed by atoms with Crippen molar-refractivity contribution >= 4 is 5.97 Å². The second-order valence-corrected chi connectivity index (χ2v) is 2.74. The van der Waals surface area contributed by atoms with Gasteiger partial charge in [-0.2, -0.15) is 0 Å². The monoisotopic (exact) mass is 185 g/mol. The molecule has 4 N–H and O–H groups in total. The Labute approximate surface area is 74.6 Å². The second-order valence-electron chi connectivity index (χ2n) is 2.74. The van der Waals surface area contributed by atoms with Crippen LogP contribution in [0.25, 0.3) is 0 Å². The standard InChI is InChI=1S/C7H11N3O3/c1-10-3-9-2-4(10)6(11)5(8)7(12)13/h2-3,5-6,11H,8H2,1H3,(H,12,13). The maximum atomic E-state index is 10.4. The third-order valence-corrected chi connectivity index (χ3v) is 1.78. The summed E-state index contributed by atoms with van der Waals surface area (Å²) in [6.45, 7) is 0. The van der Waals surface area contributed by atoms with Crippen molar-refractivity contribution in [2.24, 2.45) is 12.8 Å². The topological polar surface area (TPSA) is 101 Å². The molecule has 0 radical (unpaired) electrons. The highest BCUT2D eigenvalue weighted by atomic mass is 16.4. The molecule has 0 aliphatic carbocycles. The third-order valence-electron chi connectivity index (χ3n) is 1.78. The van der Waals surface area contributed by atoms with Gasteiger partial charge in [0.05, 0.1) is 18.2 Å². The van der Waals surface area contributed by atoms with Crippen molar-refractivity contribution in [3.05, 3.63) is 18.2 Å². The largest absolute Gasteiger partial charge is 0.480 e. The summed E-state index contributed by atoms with van der Waals surface area (Å²) in [6, 6.07) is -1.32. The summed E-state index contributed by atoms with van der Waals surface area (Å²) in [5, 5.41) is 18.0. The molecule has 0 amide bonds. The van der Waals surface area contributed by atoms with Crippen molar-refractivity contribution in [2.75, 3.05) is 0 Å². The minimum absolute atomic E-state index is 0.384. The lowest BCUT2D eigenvalue weighted by Gasteiger charge is -2.14. The summed E-state index contributed by atoms with van der Waals surface area (Å²) in [5.74, 6) is -1.24. The predicted octanol–water partition coefficient (Wildman–Crippen LogP) is -1.13. The van der Waals surface area contributed by atoms with Gasteiger partial charge in [0.1, 0.15) is 12.1 Å². The van der Waals surface area contributed by atoms with E-state index in [-0.39, 0.29) is 0 Å². The van der Waals surface area contributed by atoms with Crippen LogP contribution in [0.1, 0.15) is 11.8 Å². The van der Waals surface area contributed by atoms with Crippen molar-refractivity contribution in [3.63, 3.8) is 0 Å². The summed E-state index contributed by atoms with van der Waals surface area (Å²) in [4.78, 5) is 14.2. The van der Waals surface area contributed by atoms with Crippen LogP contribution < -0.4 is 5.73 Å². The number of aliphatic hydroxyl groups is 1. The molecule has 0 aromatic carbocycles. The van der Waals surface area contributed by atoms with Gasteiger partial charge in [0.2, 0.25) is 0 Å². The number of aryl methyl sites for hydroxylation is 1. The molecule has 1 aromatic heterocycles. The molecule has 1 rings (SSSR count). The van der Waals surface area contributed by atoms with E-state index in [1.807, 2.05) is 0 Å². The van der Waals surface area contributed by atoms with E-state index in [1.165, 1.54) is 17.1 Å². The van der Waals surface area contributed by atoms with E-state index in [2.05, 4.69) is 4.98 Å². The molecule has 13 heavy (non-hydrogen) atoms.